The topological polar surface area (TPSA) is 77.0 Å². The predicted octanol–water partition coefficient (Wildman–Crippen LogP) is -1.38. The number of nitrogens with two attached hydrogens (primary N) is 1. The van der Waals surface area contributed by atoms with Gasteiger partial charge in [0.25, 0.3) is 0 Å². The Labute approximate surface area is 75.3 Å². The monoisotopic (exact) mass is 181 g/mol. The maximum absolute atomic E-state index is 10.5. The zero-order chi connectivity index (χ0) is 9.26. The van der Waals surface area contributed by atoms with Crippen molar-refractivity contribution < 1.29 is 4.79 Å². The van der Waals surface area contributed by atoms with Crippen LogP contribution in [0.25, 0.3) is 0 Å². The Balaban J connectivity index is 1.82. The third kappa shape index (κ3) is 1.67. The summed E-state index contributed by atoms with van der Waals surface area (Å²) in [5.74, 6) is -0.281. The number of carbonyl (C=O) groups excluding carboxylic acids is 1. The minimum Gasteiger partial charge on any atom is -0.369 e. The first-order valence-corrected chi connectivity index (χ1v) is 4.10. The Bertz CT molecular complexity index is 290. The molecule has 70 valence electrons. The van der Waals surface area contributed by atoms with E-state index in [1.165, 1.54) is 6.33 Å². The lowest BCUT2D eigenvalue weighted by Crippen LogP contribution is -2.50. The van der Waals surface area contributed by atoms with E-state index >= 15 is 0 Å². The maximum Gasteiger partial charge on any atom is 0.231 e. The van der Waals surface area contributed by atoms with Gasteiger partial charge in [0.1, 0.15) is 12.7 Å². The SMILES string of the molecule is NC(=O)CN1CC(n2cncn2)C1. The molecule has 1 aromatic rings. The number of likely N-dealkylation sites (tertiary alicyclic amines) is 1. The molecule has 0 bridgehead atoms. The second kappa shape index (κ2) is 3.14. The molecule has 6 nitrogen and oxygen atoms in total. The minimum absolute atomic E-state index is 0.281. The molecule has 1 aliphatic heterocycles. The van der Waals surface area contributed by atoms with Crippen LogP contribution in [-0.4, -0.2) is 45.2 Å². The van der Waals surface area contributed by atoms with Crippen LogP contribution in [0.2, 0.25) is 0 Å². The van der Waals surface area contributed by atoms with Gasteiger partial charge in [-0.05, 0) is 0 Å². The molecule has 0 unspecified atom stereocenters. The second-order valence-corrected chi connectivity index (χ2v) is 3.19. The first-order valence-electron chi connectivity index (χ1n) is 4.10. The molecule has 2 N–H and O–H groups in total. The second-order valence-electron chi connectivity index (χ2n) is 3.19. The molecule has 0 aliphatic carbocycles. The Morgan fingerprint density at radius 1 is 1.62 bits per heavy atom. The summed E-state index contributed by atoms with van der Waals surface area (Å²) in [6.45, 7) is 1.99. The zero-order valence-corrected chi connectivity index (χ0v) is 7.13. The maximum atomic E-state index is 10.5. The first-order chi connectivity index (χ1) is 6.25. The first kappa shape index (κ1) is 8.18. The van der Waals surface area contributed by atoms with E-state index in [-0.39, 0.29) is 5.91 Å². The molecule has 0 saturated carbocycles. The number of hydrogen-bond donors (Lipinski definition) is 1. The molecule has 13 heavy (non-hydrogen) atoms. The number of hydrogen-bond acceptors (Lipinski definition) is 4. The Hall–Kier alpha value is -1.43. The van der Waals surface area contributed by atoms with Gasteiger partial charge in [0.15, 0.2) is 0 Å². The molecule has 0 aromatic carbocycles. The van der Waals surface area contributed by atoms with E-state index in [0.29, 0.717) is 12.6 Å². The Kier molecular flexibility index (Phi) is 1.97. The van der Waals surface area contributed by atoms with Crippen LogP contribution in [0.5, 0.6) is 0 Å². The van der Waals surface area contributed by atoms with Gasteiger partial charge >= 0.3 is 0 Å². The van der Waals surface area contributed by atoms with Crippen molar-refractivity contribution in [2.24, 2.45) is 5.73 Å². The number of nitrogens with zero attached hydrogens (tertiary/aromatic N) is 4. The van der Waals surface area contributed by atoms with Crippen molar-refractivity contribution >= 4 is 5.91 Å². The summed E-state index contributed by atoms with van der Waals surface area (Å²) in [6, 6.07) is 0.349. The minimum atomic E-state index is -0.281. The lowest BCUT2D eigenvalue weighted by Gasteiger charge is -2.37. The van der Waals surface area contributed by atoms with Crippen LogP contribution in [-0.2, 0) is 4.79 Å². The van der Waals surface area contributed by atoms with Crippen LogP contribution in [0.1, 0.15) is 6.04 Å². The van der Waals surface area contributed by atoms with Crippen molar-refractivity contribution in [2.75, 3.05) is 19.6 Å². The van der Waals surface area contributed by atoms with Gasteiger partial charge in [-0.3, -0.25) is 9.69 Å². The fraction of sp³-hybridized carbons (Fsp3) is 0.571. The van der Waals surface area contributed by atoms with Gasteiger partial charge in [0, 0.05) is 13.1 Å². The summed E-state index contributed by atoms with van der Waals surface area (Å²) in [4.78, 5) is 16.4. The number of primary amides is 1. The van der Waals surface area contributed by atoms with Crippen LogP contribution < -0.4 is 5.73 Å². The van der Waals surface area contributed by atoms with Gasteiger partial charge in [0.05, 0.1) is 12.6 Å². The van der Waals surface area contributed by atoms with E-state index in [1.807, 2.05) is 4.90 Å². The summed E-state index contributed by atoms with van der Waals surface area (Å²) < 4.78 is 1.80. The van der Waals surface area contributed by atoms with Gasteiger partial charge in [0.2, 0.25) is 5.91 Å². The lowest BCUT2D eigenvalue weighted by atomic mass is 10.1. The van der Waals surface area contributed by atoms with E-state index in [1.54, 1.807) is 11.0 Å². The van der Waals surface area contributed by atoms with Gasteiger partial charge in [-0.2, -0.15) is 5.10 Å². The van der Waals surface area contributed by atoms with Gasteiger partial charge < -0.3 is 5.73 Å². The summed E-state index contributed by atoms with van der Waals surface area (Å²) in [7, 11) is 0. The predicted molar refractivity (Wildman–Crippen MR) is 44.7 cm³/mol. The number of aromatic nitrogens is 3. The quantitative estimate of drug-likeness (QED) is 0.623. The number of carbonyl (C=O) groups is 1. The molecule has 1 fully saturated rings. The number of rotatable bonds is 3. The van der Waals surface area contributed by atoms with E-state index in [9.17, 15) is 4.79 Å². The molecule has 1 aliphatic rings. The molecular formula is C7H11N5O. The van der Waals surface area contributed by atoms with Crippen LogP contribution in [0, 0.1) is 0 Å². The van der Waals surface area contributed by atoms with Gasteiger partial charge in [-0.25, -0.2) is 9.67 Å². The molecule has 0 radical (unpaired) electrons. The molecule has 2 heterocycles. The van der Waals surface area contributed by atoms with Crippen molar-refractivity contribution in [3.63, 3.8) is 0 Å². The largest absolute Gasteiger partial charge is 0.369 e. The van der Waals surface area contributed by atoms with Gasteiger partial charge in [-0.15, -0.1) is 0 Å². The van der Waals surface area contributed by atoms with E-state index < -0.39 is 0 Å². The molecular weight excluding hydrogens is 170 g/mol. The van der Waals surface area contributed by atoms with Crippen molar-refractivity contribution in [3.8, 4) is 0 Å². The van der Waals surface area contributed by atoms with Crippen LogP contribution >= 0.6 is 0 Å². The van der Waals surface area contributed by atoms with Crippen LogP contribution in [0.4, 0.5) is 0 Å². The highest BCUT2D eigenvalue weighted by Gasteiger charge is 2.29. The van der Waals surface area contributed by atoms with Crippen LogP contribution in [0.3, 0.4) is 0 Å². The van der Waals surface area contributed by atoms with E-state index in [0.717, 1.165) is 13.1 Å². The zero-order valence-electron chi connectivity index (χ0n) is 7.13. The van der Waals surface area contributed by atoms with Crippen molar-refractivity contribution in [1.29, 1.82) is 0 Å². The van der Waals surface area contributed by atoms with E-state index in [4.69, 9.17) is 5.73 Å². The van der Waals surface area contributed by atoms with E-state index in [2.05, 4.69) is 10.1 Å². The molecule has 2 rings (SSSR count). The normalized spacial score (nSPS) is 18.5. The van der Waals surface area contributed by atoms with Gasteiger partial charge in [-0.1, -0.05) is 0 Å². The molecule has 1 amide bonds. The molecule has 1 saturated heterocycles. The summed E-state index contributed by atoms with van der Waals surface area (Å²) in [5.41, 5.74) is 5.05. The number of amides is 1. The average molecular weight is 181 g/mol. The lowest BCUT2D eigenvalue weighted by molar-refractivity contribution is -0.120. The van der Waals surface area contributed by atoms with Crippen molar-refractivity contribution in [3.05, 3.63) is 12.7 Å². The van der Waals surface area contributed by atoms with Crippen molar-refractivity contribution in [1.82, 2.24) is 19.7 Å². The summed E-state index contributed by atoms with van der Waals surface area (Å²) in [5, 5.41) is 4.01. The standard InChI is InChI=1S/C7H11N5O/c8-7(13)3-11-1-6(2-11)12-5-9-4-10-12/h4-6H,1-3H2,(H2,8,13). The van der Waals surface area contributed by atoms with Crippen LogP contribution in [0.15, 0.2) is 12.7 Å². The Morgan fingerprint density at radius 3 is 2.92 bits per heavy atom. The van der Waals surface area contributed by atoms with Crippen molar-refractivity contribution in [2.45, 2.75) is 6.04 Å². The average Bonchev–Trinajstić information content (AvgIpc) is 2.46. The smallest absolute Gasteiger partial charge is 0.231 e. The Morgan fingerprint density at radius 2 is 2.38 bits per heavy atom. The third-order valence-electron chi connectivity index (χ3n) is 2.13. The molecule has 6 heteroatoms. The molecule has 0 atom stereocenters. The summed E-state index contributed by atoms with van der Waals surface area (Å²) in [6.07, 6.45) is 3.20. The summed E-state index contributed by atoms with van der Waals surface area (Å²) >= 11 is 0. The molecule has 1 aromatic heterocycles. The highest BCUT2D eigenvalue weighted by Crippen LogP contribution is 2.18. The fourth-order valence-corrected chi connectivity index (χ4v) is 1.47. The molecule has 0 spiro atoms. The fourth-order valence-electron chi connectivity index (χ4n) is 1.47. The highest BCUT2D eigenvalue weighted by atomic mass is 16.1. The third-order valence-corrected chi connectivity index (χ3v) is 2.13. The highest BCUT2D eigenvalue weighted by molar-refractivity contribution is 5.76.